The lowest BCUT2D eigenvalue weighted by Crippen LogP contribution is -2.25. The summed E-state index contributed by atoms with van der Waals surface area (Å²) < 4.78 is 4.62. The number of anilines is 1. The van der Waals surface area contributed by atoms with Gasteiger partial charge in [0.25, 0.3) is 0 Å². The summed E-state index contributed by atoms with van der Waals surface area (Å²) in [6.45, 7) is 2.47. The number of ether oxygens (including phenoxy) is 1. The summed E-state index contributed by atoms with van der Waals surface area (Å²) >= 11 is 0. The Hall–Kier alpha value is -2.86. The van der Waals surface area contributed by atoms with Gasteiger partial charge >= 0.3 is 11.9 Å². The lowest BCUT2D eigenvalue weighted by molar-refractivity contribution is -0.149. The molecule has 0 unspecified atom stereocenters. The van der Waals surface area contributed by atoms with Crippen LogP contribution in [0.25, 0.3) is 0 Å². The summed E-state index contributed by atoms with van der Waals surface area (Å²) in [5.74, 6) is -0.833. The van der Waals surface area contributed by atoms with Crippen LogP contribution in [0.5, 0.6) is 0 Å². The van der Waals surface area contributed by atoms with E-state index < -0.39 is 11.9 Å². The van der Waals surface area contributed by atoms with Gasteiger partial charge in [0.1, 0.15) is 6.54 Å². The quantitative estimate of drug-likeness (QED) is 0.600. The minimum atomic E-state index is -0.431. The van der Waals surface area contributed by atoms with Gasteiger partial charge in [-0.1, -0.05) is 29.8 Å². The van der Waals surface area contributed by atoms with Crippen LogP contribution in [0, 0.1) is 6.92 Å². The van der Waals surface area contributed by atoms with Crippen molar-refractivity contribution in [1.82, 2.24) is 5.48 Å². The number of rotatable bonds is 7. The molecule has 2 rings (SSSR count). The van der Waals surface area contributed by atoms with Gasteiger partial charge < -0.3 is 14.9 Å². The normalized spacial score (nSPS) is 10.1. The highest BCUT2D eigenvalue weighted by Gasteiger charge is 2.06. The molecule has 0 aromatic heterocycles. The second kappa shape index (κ2) is 8.69. The molecule has 0 fully saturated rings. The number of nitrogens with one attached hydrogen (secondary N) is 2. The van der Waals surface area contributed by atoms with E-state index in [1.165, 1.54) is 12.7 Å². The first-order valence-corrected chi connectivity index (χ1v) is 7.49. The Morgan fingerprint density at radius 2 is 1.67 bits per heavy atom. The first-order valence-electron chi connectivity index (χ1n) is 7.49. The van der Waals surface area contributed by atoms with Crippen LogP contribution in [-0.4, -0.2) is 25.6 Å². The Morgan fingerprint density at radius 1 is 1.00 bits per heavy atom. The molecule has 0 aliphatic heterocycles. The molecule has 0 aliphatic rings. The first kappa shape index (κ1) is 17.5. The number of carbonyl (C=O) groups is 2. The number of hydrogen-bond donors (Lipinski definition) is 2. The highest BCUT2D eigenvalue weighted by molar-refractivity contribution is 5.89. The summed E-state index contributed by atoms with van der Waals surface area (Å²) in [6, 6.07) is 14.6. The molecule has 0 saturated heterocycles. The van der Waals surface area contributed by atoms with Crippen molar-refractivity contribution in [3.05, 3.63) is 65.2 Å². The number of benzene rings is 2. The van der Waals surface area contributed by atoms with Crippen LogP contribution in [-0.2, 0) is 20.9 Å². The maximum Gasteiger partial charge on any atom is 0.343 e. The molecule has 0 aliphatic carbocycles. The van der Waals surface area contributed by atoms with Gasteiger partial charge in [0.2, 0.25) is 0 Å². The average Bonchev–Trinajstić information content (AvgIpc) is 2.61. The highest BCUT2D eigenvalue weighted by Crippen LogP contribution is 2.10. The van der Waals surface area contributed by atoms with Gasteiger partial charge in [0, 0.05) is 5.69 Å². The standard InChI is InChI=1S/C18H20N2O4/c1-13-3-5-14(6-4-13)11-20-24-17(21)12-19-16-9-7-15(8-10-16)18(22)23-2/h3-10,19-20H,11-12H2,1-2H3. The van der Waals surface area contributed by atoms with Gasteiger partial charge in [0.05, 0.1) is 19.2 Å². The lowest BCUT2D eigenvalue weighted by atomic mass is 10.2. The van der Waals surface area contributed by atoms with Gasteiger partial charge in [-0.3, -0.25) is 0 Å². The van der Waals surface area contributed by atoms with Crippen molar-refractivity contribution < 1.29 is 19.2 Å². The first-order chi connectivity index (χ1) is 11.6. The molecule has 0 atom stereocenters. The van der Waals surface area contributed by atoms with E-state index in [9.17, 15) is 9.59 Å². The molecule has 0 saturated carbocycles. The Bertz CT molecular complexity index is 681. The van der Waals surface area contributed by atoms with Gasteiger partial charge in [-0.25, -0.2) is 9.59 Å². The van der Waals surface area contributed by atoms with Crippen molar-refractivity contribution in [3.63, 3.8) is 0 Å². The minimum absolute atomic E-state index is 0.0124. The third-order valence-electron chi connectivity index (χ3n) is 3.33. The summed E-state index contributed by atoms with van der Waals surface area (Å²) in [5, 5.41) is 2.92. The Labute approximate surface area is 140 Å². The van der Waals surface area contributed by atoms with Crippen molar-refractivity contribution >= 4 is 17.6 Å². The lowest BCUT2D eigenvalue weighted by Gasteiger charge is -2.08. The summed E-state index contributed by atoms with van der Waals surface area (Å²) in [4.78, 5) is 27.9. The number of esters is 1. The Balaban J connectivity index is 1.71. The topological polar surface area (TPSA) is 76.7 Å². The predicted molar refractivity (Wildman–Crippen MR) is 90.4 cm³/mol. The molecular formula is C18H20N2O4. The van der Waals surface area contributed by atoms with Crippen molar-refractivity contribution in [2.45, 2.75) is 13.5 Å². The second-order valence-electron chi connectivity index (χ2n) is 5.20. The molecule has 2 N–H and O–H groups in total. The van der Waals surface area contributed by atoms with Crippen LogP contribution in [0.3, 0.4) is 0 Å². The van der Waals surface area contributed by atoms with Crippen LogP contribution in [0.4, 0.5) is 5.69 Å². The van der Waals surface area contributed by atoms with Crippen molar-refractivity contribution in [1.29, 1.82) is 0 Å². The summed E-state index contributed by atoms with van der Waals surface area (Å²) in [5.41, 5.74) is 6.00. The monoisotopic (exact) mass is 328 g/mol. The number of hydroxylamine groups is 1. The number of carbonyl (C=O) groups excluding carboxylic acids is 2. The molecule has 0 spiro atoms. The van der Waals surface area contributed by atoms with Crippen LogP contribution < -0.4 is 10.8 Å². The Kier molecular flexibility index (Phi) is 6.33. The van der Waals surface area contributed by atoms with E-state index in [4.69, 9.17) is 4.84 Å². The van der Waals surface area contributed by atoms with Gasteiger partial charge in [0.15, 0.2) is 0 Å². The van der Waals surface area contributed by atoms with E-state index in [-0.39, 0.29) is 6.54 Å². The molecule has 2 aromatic rings. The van der Waals surface area contributed by atoms with Gasteiger partial charge in [-0.2, -0.15) is 0 Å². The molecule has 2 aromatic carbocycles. The summed E-state index contributed by atoms with van der Waals surface area (Å²) in [7, 11) is 1.33. The zero-order valence-electron chi connectivity index (χ0n) is 13.7. The maximum atomic E-state index is 11.7. The highest BCUT2D eigenvalue weighted by atomic mass is 16.7. The zero-order valence-corrected chi connectivity index (χ0v) is 13.7. The molecule has 6 nitrogen and oxygen atoms in total. The molecule has 0 heterocycles. The molecule has 6 heteroatoms. The second-order valence-corrected chi connectivity index (χ2v) is 5.20. The number of aryl methyl sites for hydroxylation is 1. The Morgan fingerprint density at radius 3 is 2.29 bits per heavy atom. The van der Waals surface area contributed by atoms with Crippen LogP contribution >= 0.6 is 0 Å². The van der Waals surface area contributed by atoms with Gasteiger partial charge in [-0.05, 0) is 36.8 Å². The van der Waals surface area contributed by atoms with E-state index in [2.05, 4.69) is 15.5 Å². The van der Waals surface area contributed by atoms with E-state index in [0.717, 1.165) is 5.56 Å². The SMILES string of the molecule is COC(=O)c1ccc(NCC(=O)ONCc2ccc(C)cc2)cc1. The third kappa shape index (κ3) is 5.40. The molecule has 0 bridgehead atoms. The molecule has 0 radical (unpaired) electrons. The maximum absolute atomic E-state index is 11.7. The van der Waals surface area contributed by atoms with E-state index in [0.29, 0.717) is 17.8 Å². The molecule has 126 valence electrons. The van der Waals surface area contributed by atoms with E-state index >= 15 is 0 Å². The molecule has 24 heavy (non-hydrogen) atoms. The fourth-order valence-corrected chi connectivity index (χ4v) is 1.96. The minimum Gasteiger partial charge on any atom is -0.465 e. The van der Waals surface area contributed by atoms with E-state index in [1.54, 1.807) is 24.3 Å². The molecular weight excluding hydrogens is 308 g/mol. The zero-order chi connectivity index (χ0) is 17.4. The number of methoxy groups -OCH3 is 1. The van der Waals surface area contributed by atoms with Crippen LogP contribution in [0.1, 0.15) is 21.5 Å². The fourth-order valence-electron chi connectivity index (χ4n) is 1.96. The van der Waals surface area contributed by atoms with Crippen molar-refractivity contribution in [3.8, 4) is 0 Å². The van der Waals surface area contributed by atoms with Gasteiger partial charge in [-0.15, -0.1) is 5.48 Å². The average molecular weight is 328 g/mol. The van der Waals surface area contributed by atoms with Crippen LogP contribution in [0.15, 0.2) is 48.5 Å². The third-order valence-corrected chi connectivity index (χ3v) is 3.33. The van der Waals surface area contributed by atoms with Crippen molar-refractivity contribution in [2.75, 3.05) is 19.0 Å². The predicted octanol–water partition coefficient (Wildman–Crippen LogP) is 2.44. The van der Waals surface area contributed by atoms with E-state index in [1.807, 2.05) is 31.2 Å². The van der Waals surface area contributed by atoms with Crippen molar-refractivity contribution in [2.24, 2.45) is 0 Å². The van der Waals surface area contributed by atoms with Crippen LogP contribution in [0.2, 0.25) is 0 Å². The number of hydrogen-bond acceptors (Lipinski definition) is 6. The smallest absolute Gasteiger partial charge is 0.343 e. The molecule has 0 amide bonds. The fraction of sp³-hybridized carbons (Fsp3) is 0.222. The largest absolute Gasteiger partial charge is 0.465 e. The summed E-state index contributed by atoms with van der Waals surface area (Å²) in [6.07, 6.45) is 0.